The van der Waals surface area contributed by atoms with Crippen LogP contribution in [0, 0.1) is 0 Å². The second-order valence-corrected chi connectivity index (χ2v) is 36.2. The second kappa shape index (κ2) is 24.8. The van der Waals surface area contributed by atoms with Gasteiger partial charge in [-0.2, -0.15) is 0 Å². The van der Waals surface area contributed by atoms with Crippen molar-refractivity contribution in [2.24, 2.45) is 0 Å². The van der Waals surface area contributed by atoms with Crippen LogP contribution in [-0.4, -0.2) is 39.4 Å². The first-order valence-electron chi connectivity index (χ1n) is 29.5. The number of esters is 2. The normalized spacial score (nSPS) is 13.2. The lowest BCUT2D eigenvalue weighted by Gasteiger charge is -2.34. The molecule has 10 heteroatoms. The highest BCUT2D eigenvalue weighted by atomic mass is 35.5. The van der Waals surface area contributed by atoms with Crippen LogP contribution < -0.4 is 41.3 Å². The molecule has 0 bridgehead atoms. The molecule has 0 fully saturated rings. The Kier molecular flexibility index (Phi) is 20.2. The second-order valence-electron chi connectivity index (χ2n) is 31.0. The van der Waals surface area contributed by atoms with Gasteiger partial charge in [0.25, 0.3) is 0 Å². The molecule has 0 saturated carbocycles. The van der Waals surface area contributed by atoms with E-state index in [9.17, 15) is 9.59 Å². The van der Waals surface area contributed by atoms with Gasteiger partial charge in [0.1, 0.15) is 11.5 Å². The fraction of sp³-hybridized carbons (Fsp3) is 0.486. The summed E-state index contributed by atoms with van der Waals surface area (Å²) in [5.41, 5.74) is 8.97. The summed E-state index contributed by atoms with van der Waals surface area (Å²) >= 11 is 15.4. The maximum absolute atomic E-state index is 13.6. The molecule has 6 nitrogen and oxygen atoms in total. The van der Waals surface area contributed by atoms with Crippen LogP contribution in [-0.2, 0) is 62.4 Å². The standard InChI is InChI=1S/C74H98Cl2O6P2/c1-67(2,3)45-31-46(68(4,5)6)36-53(35-45)83(54-37-47(69(7,8)9)32-48(38-54)70(10,11)12)59-29-27-57(75)65(81-43-61(77)79-25)63(59)64-60(30-28-58(76)66(64)82-44-62(78)80-26)84(55-39-49(71(13,14)15)33-50(40-55)72(16,17)18)56-41-51(73(19,20)21)34-52(42-56)74(22,23)24/h27-42H,43-44H2,1-26H3. The molecule has 0 radical (unpaired) electrons. The quantitative estimate of drug-likeness (QED) is 0.0848. The molecule has 0 aromatic heterocycles. The Morgan fingerprint density at radius 3 is 0.690 bits per heavy atom. The summed E-state index contributed by atoms with van der Waals surface area (Å²) in [7, 11) is -0.516. The molecule has 454 valence electrons. The Balaban J connectivity index is 2.06. The first kappa shape index (κ1) is 68.4. The lowest BCUT2D eigenvalue weighted by molar-refractivity contribution is -0.143. The van der Waals surface area contributed by atoms with Gasteiger partial charge >= 0.3 is 11.9 Å². The first-order chi connectivity index (χ1) is 38.2. The molecule has 0 amide bonds. The number of halogens is 2. The zero-order chi connectivity index (χ0) is 63.4. The number of ether oxygens (including phenoxy) is 4. The van der Waals surface area contributed by atoms with E-state index in [1.165, 1.54) is 58.7 Å². The van der Waals surface area contributed by atoms with Crippen LogP contribution >= 0.6 is 39.0 Å². The number of methoxy groups -OCH3 is 2. The molecule has 0 atom stereocenters. The van der Waals surface area contributed by atoms with Gasteiger partial charge in [0, 0.05) is 11.1 Å². The van der Waals surface area contributed by atoms with E-state index in [0.29, 0.717) is 11.1 Å². The number of hydrogen-bond acceptors (Lipinski definition) is 6. The molecule has 84 heavy (non-hydrogen) atoms. The van der Waals surface area contributed by atoms with Gasteiger partial charge in [-0.25, -0.2) is 9.59 Å². The number of benzene rings is 6. The van der Waals surface area contributed by atoms with Crippen LogP contribution in [0.1, 0.15) is 211 Å². The zero-order valence-electron chi connectivity index (χ0n) is 55.8. The summed E-state index contributed by atoms with van der Waals surface area (Å²) in [4.78, 5) is 27.2. The largest absolute Gasteiger partial charge is 0.480 e. The number of carbonyl (C=O) groups excluding carboxylic acids is 2. The number of carbonyl (C=O) groups is 2. The lowest BCUT2D eigenvalue weighted by atomic mass is 9.81. The van der Waals surface area contributed by atoms with Crippen molar-refractivity contribution in [2.75, 3.05) is 27.4 Å². The van der Waals surface area contributed by atoms with Gasteiger partial charge < -0.3 is 18.9 Å². The molecule has 6 aromatic rings. The summed E-state index contributed by atoms with van der Waals surface area (Å²) < 4.78 is 24.4. The third-order valence-corrected chi connectivity index (χ3v) is 21.1. The zero-order valence-corrected chi connectivity index (χ0v) is 59.1. The van der Waals surface area contributed by atoms with Crippen molar-refractivity contribution in [3.8, 4) is 22.6 Å². The minimum Gasteiger partial charge on any atom is -0.480 e. The van der Waals surface area contributed by atoms with Crippen LogP contribution in [0.3, 0.4) is 0 Å². The van der Waals surface area contributed by atoms with Gasteiger partial charge in [0.15, 0.2) is 13.2 Å². The Hall–Kier alpha value is -4.70. The van der Waals surface area contributed by atoms with Crippen LogP contribution in [0.2, 0.25) is 10.0 Å². The fourth-order valence-corrected chi connectivity index (χ4v) is 15.5. The summed E-state index contributed by atoms with van der Waals surface area (Å²) in [6, 6.07) is 36.7. The van der Waals surface area contributed by atoms with E-state index in [1.54, 1.807) is 0 Å². The van der Waals surface area contributed by atoms with E-state index in [1.807, 2.05) is 12.1 Å². The maximum Gasteiger partial charge on any atom is 0.343 e. The van der Waals surface area contributed by atoms with Crippen LogP contribution in [0.15, 0.2) is 97.1 Å². The number of rotatable bonds is 13. The molecule has 0 heterocycles. The van der Waals surface area contributed by atoms with Gasteiger partial charge in [-0.15, -0.1) is 0 Å². The SMILES string of the molecule is COC(=O)COc1c(Cl)ccc(P(c2cc(C(C)(C)C)cc(C(C)(C)C)c2)c2cc(C(C)(C)C)cc(C(C)(C)C)c2)c1-c1c(P(c2cc(C(C)(C)C)cc(C(C)(C)C)c2)c2cc(C(C)(C)C)cc(C(C)(C)C)c2)ccc(Cl)c1OCC(=O)OC. The van der Waals surface area contributed by atoms with Crippen molar-refractivity contribution in [1.29, 1.82) is 0 Å². The third kappa shape index (κ3) is 16.1. The van der Waals surface area contributed by atoms with E-state index >= 15 is 0 Å². The maximum atomic E-state index is 13.6. The van der Waals surface area contributed by atoms with Crippen LogP contribution in [0.4, 0.5) is 0 Å². The molecule has 6 aromatic carbocycles. The summed E-state index contributed by atoms with van der Waals surface area (Å²) in [6.45, 7) is 53.7. The van der Waals surface area contributed by atoms with E-state index in [-0.39, 0.29) is 64.9 Å². The molecule has 0 saturated heterocycles. The van der Waals surface area contributed by atoms with Gasteiger partial charge in [0.05, 0.1) is 24.3 Å². The molecule has 6 rings (SSSR count). The van der Waals surface area contributed by atoms with Gasteiger partial charge in [-0.05, 0) is 148 Å². The Bertz CT molecular complexity index is 2900. The lowest BCUT2D eigenvalue weighted by Crippen LogP contribution is -2.31. The molecule has 0 spiro atoms. The molecule has 0 aliphatic rings. The monoisotopic (exact) mass is 1210 g/mol. The minimum absolute atomic E-state index is 0.232. The number of hydrogen-bond donors (Lipinski definition) is 0. The van der Waals surface area contributed by atoms with Crippen molar-refractivity contribution in [1.82, 2.24) is 0 Å². The van der Waals surface area contributed by atoms with Gasteiger partial charge in [-0.3, -0.25) is 0 Å². The highest BCUT2D eigenvalue weighted by molar-refractivity contribution is 7.80. The van der Waals surface area contributed by atoms with Crippen molar-refractivity contribution < 1.29 is 28.5 Å². The van der Waals surface area contributed by atoms with Crippen LogP contribution in [0.5, 0.6) is 11.5 Å². The van der Waals surface area contributed by atoms with E-state index in [0.717, 1.165) is 31.8 Å². The summed E-state index contributed by atoms with van der Waals surface area (Å²) in [6.07, 6.45) is 0. The predicted octanol–water partition coefficient (Wildman–Crippen LogP) is 17.7. The molecular weight excluding hydrogens is 1120 g/mol. The highest BCUT2D eigenvalue weighted by Crippen LogP contribution is 2.53. The van der Waals surface area contributed by atoms with E-state index < -0.39 is 41.0 Å². The van der Waals surface area contributed by atoms with E-state index in [2.05, 4.69) is 251 Å². The fourth-order valence-electron chi connectivity index (χ4n) is 9.89. The molecule has 0 aliphatic carbocycles. The Morgan fingerprint density at radius 1 is 0.333 bits per heavy atom. The molecule has 0 aliphatic heterocycles. The van der Waals surface area contributed by atoms with Crippen molar-refractivity contribution >= 4 is 82.8 Å². The predicted molar refractivity (Wildman–Crippen MR) is 364 cm³/mol. The van der Waals surface area contributed by atoms with Gasteiger partial charge in [0.2, 0.25) is 0 Å². The van der Waals surface area contributed by atoms with Crippen molar-refractivity contribution in [3.63, 3.8) is 0 Å². The molecular formula is C74H98Cl2O6P2. The Morgan fingerprint density at radius 2 is 0.524 bits per heavy atom. The molecule has 0 N–H and O–H groups in total. The smallest absolute Gasteiger partial charge is 0.343 e. The minimum atomic E-state index is -1.61. The van der Waals surface area contributed by atoms with Gasteiger partial charge in [-0.1, -0.05) is 274 Å². The Labute approximate surface area is 519 Å². The van der Waals surface area contributed by atoms with Crippen LogP contribution in [0.25, 0.3) is 11.1 Å². The summed E-state index contributed by atoms with van der Waals surface area (Å²) in [5.74, 6) is -0.638. The summed E-state index contributed by atoms with van der Waals surface area (Å²) in [5, 5.41) is 6.83. The van der Waals surface area contributed by atoms with Crippen molar-refractivity contribution in [2.45, 2.75) is 209 Å². The average Bonchev–Trinajstić information content (AvgIpc) is 1.37. The highest BCUT2D eigenvalue weighted by Gasteiger charge is 2.37. The van der Waals surface area contributed by atoms with Crippen molar-refractivity contribution in [3.05, 3.63) is 152 Å². The van der Waals surface area contributed by atoms with E-state index in [4.69, 9.17) is 42.1 Å². The third-order valence-electron chi connectivity index (χ3n) is 15.7. The first-order valence-corrected chi connectivity index (χ1v) is 33.0. The average molecular weight is 1220 g/mol. The molecule has 0 unspecified atom stereocenters. The topological polar surface area (TPSA) is 71.1 Å².